The molecule has 4 heteroatoms. The highest BCUT2D eigenvalue weighted by Gasteiger charge is 2.29. The first kappa shape index (κ1) is 16.9. The number of fused-ring (bicyclic) bond motifs is 1. The number of hydrogen-bond acceptors (Lipinski definition) is 4. The third-order valence-electron chi connectivity index (χ3n) is 5.25. The first-order chi connectivity index (χ1) is 11.6. The van der Waals surface area contributed by atoms with Gasteiger partial charge in [-0.15, -0.1) is 6.58 Å². The minimum absolute atomic E-state index is 0.00903. The number of aromatic nitrogens is 1. The molecule has 1 aliphatic heterocycles. The van der Waals surface area contributed by atoms with Gasteiger partial charge in [0.1, 0.15) is 5.75 Å². The van der Waals surface area contributed by atoms with Crippen LogP contribution in [0.25, 0.3) is 10.9 Å². The molecule has 1 aromatic carbocycles. The topological polar surface area (TPSA) is 54.4 Å². The van der Waals surface area contributed by atoms with E-state index < -0.39 is 6.10 Å². The van der Waals surface area contributed by atoms with Crippen molar-refractivity contribution in [3.8, 4) is 5.75 Å². The van der Waals surface area contributed by atoms with Crippen molar-refractivity contribution in [3.63, 3.8) is 0 Å². The van der Waals surface area contributed by atoms with E-state index in [-0.39, 0.29) is 6.04 Å². The molecule has 0 saturated carbocycles. The molecule has 0 aliphatic carbocycles. The van der Waals surface area contributed by atoms with E-state index in [1.807, 2.05) is 30.3 Å². The molecule has 0 spiro atoms. The number of hydrogen-bond donors (Lipinski definition) is 2. The second-order valence-corrected chi connectivity index (χ2v) is 6.69. The van der Waals surface area contributed by atoms with Crippen LogP contribution in [0.5, 0.6) is 5.75 Å². The van der Waals surface area contributed by atoms with Gasteiger partial charge in [0, 0.05) is 17.6 Å². The molecule has 4 nitrogen and oxygen atoms in total. The highest BCUT2D eigenvalue weighted by Crippen LogP contribution is 2.33. The van der Waals surface area contributed by atoms with Crippen LogP contribution in [0.2, 0.25) is 0 Å². The molecular formula is C20H26N2O2. The molecular weight excluding hydrogens is 300 g/mol. The quantitative estimate of drug-likeness (QED) is 0.845. The number of benzene rings is 1. The molecule has 3 rings (SSSR count). The van der Waals surface area contributed by atoms with Gasteiger partial charge in [0.05, 0.1) is 18.7 Å². The number of ether oxygens (including phenoxy) is 1. The van der Waals surface area contributed by atoms with E-state index in [1.165, 1.54) is 0 Å². The van der Waals surface area contributed by atoms with Crippen molar-refractivity contribution in [2.45, 2.75) is 31.9 Å². The molecule has 2 heterocycles. The van der Waals surface area contributed by atoms with Crippen LogP contribution in [0, 0.1) is 11.8 Å². The third kappa shape index (κ3) is 3.30. The first-order valence-electron chi connectivity index (χ1n) is 8.60. The second-order valence-electron chi connectivity index (χ2n) is 6.69. The monoisotopic (exact) mass is 326 g/mol. The van der Waals surface area contributed by atoms with Crippen molar-refractivity contribution in [2.75, 3.05) is 13.7 Å². The van der Waals surface area contributed by atoms with Gasteiger partial charge in [0.25, 0.3) is 0 Å². The molecule has 0 bridgehead atoms. The molecule has 3 unspecified atom stereocenters. The fourth-order valence-corrected chi connectivity index (χ4v) is 3.64. The summed E-state index contributed by atoms with van der Waals surface area (Å²) in [5.74, 6) is 1.78. The average molecular weight is 326 g/mol. The Kier molecular flexibility index (Phi) is 5.17. The summed E-state index contributed by atoms with van der Waals surface area (Å²) in [5, 5.41) is 15.5. The summed E-state index contributed by atoms with van der Waals surface area (Å²) in [6.07, 6.45) is 5.20. The van der Waals surface area contributed by atoms with E-state index >= 15 is 0 Å². The Balaban J connectivity index is 1.95. The SMILES string of the molecule is C=C[C@H]1CC(C(O)c2ccnc3ccc(OC)cc23)NCCC1C. The Hall–Kier alpha value is -1.91. The fourth-order valence-electron chi connectivity index (χ4n) is 3.64. The lowest BCUT2D eigenvalue weighted by Crippen LogP contribution is -2.35. The van der Waals surface area contributed by atoms with E-state index in [1.54, 1.807) is 13.3 Å². The number of aliphatic hydroxyl groups is 1. The van der Waals surface area contributed by atoms with Gasteiger partial charge >= 0.3 is 0 Å². The van der Waals surface area contributed by atoms with Crippen LogP contribution in [-0.4, -0.2) is 29.8 Å². The number of nitrogens with one attached hydrogen (secondary N) is 1. The van der Waals surface area contributed by atoms with Crippen LogP contribution in [0.15, 0.2) is 43.1 Å². The van der Waals surface area contributed by atoms with Crippen molar-refractivity contribution in [3.05, 3.63) is 48.7 Å². The van der Waals surface area contributed by atoms with Gasteiger partial charge in [0.15, 0.2) is 0 Å². The molecule has 1 fully saturated rings. The van der Waals surface area contributed by atoms with Crippen molar-refractivity contribution < 1.29 is 9.84 Å². The van der Waals surface area contributed by atoms with Crippen LogP contribution < -0.4 is 10.1 Å². The van der Waals surface area contributed by atoms with Gasteiger partial charge in [-0.25, -0.2) is 0 Å². The van der Waals surface area contributed by atoms with Crippen LogP contribution >= 0.6 is 0 Å². The zero-order valence-electron chi connectivity index (χ0n) is 14.4. The number of methoxy groups -OCH3 is 1. The highest BCUT2D eigenvalue weighted by atomic mass is 16.5. The van der Waals surface area contributed by atoms with Crippen molar-refractivity contribution >= 4 is 10.9 Å². The zero-order valence-corrected chi connectivity index (χ0v) is 14.4. The number of pyridine rings is 1. The van der Waals surface area contributed by atoms with Crippen molar-refractivity contribution in [1.82, 2.24) is 10.3 Å². The van der Waals surface area contributed by atoms with Gasteiger partial charge < -0.3 is 15.2 Å². The van der Waals surface area contributed by atoms with E-state index in [0.29, 0.717) is 11.8 Å². The molecule has 128 valence electrons. The largest absolute Gasteiger partial charge is 0.497 e. The lowest BCUT2D eigenvalue weighted by atomic mass is 9.85. The molecule has 1 saturated heterocycles. The van der Waals surface area contributed by atoms with Gasteiger partial charge in [-0.05, 0) is 61.1 Å². The Bertz CT molecular complexity index is 716. The minimum Gasteiger partial charge on any atom is -0.497 e. The maximum Gasteiger partial charge on any atom is 0.119 e. The van der Waals surface area contributed by atoms with Gasteiger partial charge in [-0.3, -0.25) is 4.98 Å². The predicted octanol–water partition coefficient (Wildman–Crippen LogP) is 3.47. The first-order valence-corrected chi connectivity index (χ1v) is 8.60. The summed E-state index contributed by atoms with van der Waals surface area (Å²) in [7, 11) is 1.65. The molecule has 0 radical (unpaired) electrons. The van der Waals surface area contributed by atoms with Crippen LogP contribution in [0.3, 0.4) is 0 Å². The average Bonchev–Trinajstić information content (AvgIpc) is 2.81. The maximum atomic E-state index is 11.1. The van der Waals surface area contributed by atoms with Crippen LogP contribution in [0.1, 0.15) is 31.4 Å². The third-order valence-corrected chi connectivity index (χ3v) is 5.25. The molecule has 0 amide bonds. The lowest BCUT2D eigenvalue weighted by molar-refractivity contribution is 0.122. The summed E-state index contributed by atoms with van der Waals surface area (Å²) >= 11 is 0. The lowest BCUT2D eigenvalue weighted by Gasteiger charge is -2.26. The number of nitrogens with zero attached hydrogens (tertiary/aromatic N) is 1. The van der Waals surface area contributed by atoms with E-state index in [0.717, 1.165) is 41.6 Å². The second kappa shape index (κ2) is 7.32. The van der Waals surface area contributed by atoms with Gasteiger partial charge in [-0.2, -0.15) is 0 Å². The summed E-state index contributed by atoms with van der Waals surface area (Å²) in [6.45, 7) is 7.16. The Morgan fingerprint density at radius 3 is 3.00 bits per heavy atom. The van der Waals surface area contributed by atoms with Gasteiger partial charge in [0.2, 0.25) is 0 Å². The number of aliphatic hydroxyl groups excluding tert-OH is 1. The molecule has 24 heavy (non-hydrogen) atoms. The highest BCUT2D eigenvalue weighted by molar-refractivity contribution is 5.83. The van der Waals surface area contributed by atoms with E-state index in [9.17, 15) is 5.11 Å². The van der Waals surface area contributed by atoms with Crippen LogP contribution in [0.4, 0.5) is 0 Å². The Labute approximate surface area is 143 Å². The molecule has 2 N–H and O–H groups in total. The van der Waals surface area contributed by atoms with Crippen molar-refractivity contribution in [2.24, 2.45) is 11.8 Å². The normalized spacial score (nSPS) is 25.9. The molecule has 4 atom stereocenters. The number of allylic oxidation sites excluding steroid dienone is 1. The molecule has 1 aromatic heterocycles. The molecule has 2 aromatic rings. The summed E-state index contributed by atoms with van der Waals surface area (Å²) < 4.78 is 5.33. The zero-order chi connectivity index (χ0) is 17.1. The Morgan fingerprint density at radius 2 is 2.25 bits per heavy atom. The van der Waals surface area contributed by atoms with Gasteiger partial charge in [-0.1, -0.05) is 13.0 Å². The van der Waals surface area contributed by atoms with E-state index in [2.05, 4.69) is 23.8 Å². The number of rotatable bonds is 4. The summed E-state index contributed by atoms with van der Waals surface area (Å²) in [4.78, 5) is 4.40. The van der Waals surface area contributed by atoms with E-state index in [4.69, 9.17) is 4.74 Å². The fraction of sp³-hybridized carbons (Fsp3) is 0.450. The van der Waals surface area contributed by atoms with Crippen LogP contribution in [-0.2, 0) is 0 Å². The van der Waals surface area contributed by atoms with Crippen molar-refractivity contribution in [1.29, 1.82) is 0 Å². The summed E-state index contributed by atoms with van der Waals surface area (Å²) in [6, 6.07) is 7.69. The maximum absolute atomic E-state index is 11.1. The summed E-state index contributed by atoms with van der Waals surface area (Å²) in [5.41, 5.74) is 1.77. The Morgan fingerprint density at radius 1 is 1.42 bits per heavy atom. The molecule has 1 aliphatic rings. The standard InChI is InChI=1S/C20H26N2O2/c1-4-14-11-19(22-9-7-13(14)2)20(23)16-8-10-21-18-6-5-15(24-3)12-17(16)18/h4-6,8,10,12-14,19-20,22-23H,1,7,9,11H2,2-3H3/t13?,14-,19?,20?/m0/s1. The predicted molar refractivity (Wildman–Crippen MR) is 97.1 cm³/mol. The smallest absolute Gasteiger partial charge is 0.119 e. The minimum atomic E-state index is -0.588.